The average molecular weight is 541 g/mol. The van der Waals surface area contributed by atoms with Crippen molar-refractivity contribution in [3.63, 3.8) is 0 Å². The Morgan fingerprint density at radius 1 is 0.974 bits per heavy atom. The monoisotopic (exact) mass is 540 g/mol. The summed E-state index contributed by atoms with van der Waals surface area (Å²) >= 11 is 1.27. The molecule has 9 nitrogen and oxygen atoms in total. The van der Waals surface area contributed by atoms with Crippen molar-refractivity contribution in [3.8, 4) is 23.0 Å². The van der Waals surface area contributed by atoms with Crippen LogP contribution in [0.4, 0.5) is 5.13 Å². The third kappa shape index (κ3) is 4.65. The maximum Gasteiger partial charge on any atom is 0.253 e. The Labute approximate surface area is 230 Å². The highest BCUT2D eigenvalue weighted by Crippen LogP contribution is 2.51. The van der Waals surface area contributed by atoms with Gasteiger partial charge >= 0.3 is 0 Å². The molecule has 3 aromatic heterocycles. The number of nitrogens with zero attached hydrogens (tertiary/aromatic N) is 5. The van der Waals surface area contributed by atoms with Gasteiger partial charge < -0.3 is 15.0 Å². The van der Waals surface area contributed by atoms with Crippen LogP contribution in [-0.4, -0.2) is 50.0 Å². The summed E-state index contributed by atoms with van der Waals surface area (Å²) in [4.78, 5) is 37.6. The molecule has 1 atom stereocenters. The first-order valence-electron chi connectivity index (χ1n) is 12.9. The Bertz CT molecular complexity index is 1550. The van der Waals surface area contributed by atoms with Gasteiger partial charge in [0.15, 0.2) is 0 Å². The first-order chi connectivity index (χ1) is 18.8. The van der Waals surface area contributed by atoms with E-state index in [0.717, 1.165) is 48.3 Å². The molecule has 1 N–H and O–H groups in total. The number of likely N-dealkylation sites (tertiary alicyclic amines) is 1. The standard InChI is InChI=1S/C29H28N6O3S/c1-17-6-11-20-23(29(2,3)27(37)33-28-34-30-16-39-28)21-12-13-22(32-25(21)38-24(20)31-17)18-7-9-19(10-8-18)26(36)35-14-4-5-15-35/h6-13,16,23H,4-5,14-15H2,1-3H3,(H,33,34,37). The van der Waals surface area contributed by atoms with Gasteiger partial charge in [-0.25, -0.2) is 9.97 Å². The van der Waals surface area contributed by atoms with E-state index in [4.69, 9.17) is 9.72 Å². The summed E-state index contributed by atoms with van der Waals surface area (Å²) in [5.74, 6) is 0.374. The van der Waals surface area contributed by atoms with Crippen LogP contribution < -0.4 is 10.1 Å². The van der Waals surface area contributed by atoms with E-state index in [9.17, 15) is 9.59 Å². The van der Waals surface area contributed by atoms with E-state index in [1.54, 1.807) is 5.51 Å². The van der Waals surface area contributed by atoms with E-state index >= 15 is 0 Å². The van der Waals surface area contributed by atoms with Crippen molar-refractivity contribution in [2.75, 3.05) is 18.4 Å². The number of anilines is 1. The predicted molar refractivity (Wildman–Crippen MR) is 148 cm³/mol. The molecule has 2 amide bonds. The average Bonchev–Trinajstić information content (AvgIpc) is 3.66. The van der Waals surface area contributed by atoms with Gasteiger partial charge in [-0.15, -0.1) is 10.2 Å². The SMILES string of the molecule is Cc1ccc2c(n1)Oc1nc(-c3ccc(C(=O)N4CCCC4)cc3)ccc1C2C(C)(C)C(=O)Nc1nncs1. The Kier molecular flexibility index (Phi) is 6.34. The van der Waals surface area contributed by atoms with Crippen molar-refractivity contribution in [2.45, 2.75) is 39.5 Å². The van der Waals surface area contributed by atoms with Crippen molar-refractivity contribution < 1.29 is 14.3 Å². The highest BCUT2D eigenvalue weighted by atomic mass is 32.1. The Hall–Kier alpha value is -4.18. The largest absolute Gasteiger partial charge is 0.420 e. The zero-order chi connectivity index (χ0) is 27.1. The van der Waals surface area contributed by atoms with Crippen LogP contribution in [-0.2, 0) is 4.79 Å². The van der Waals surface area contributed by atoms with Crippen LogP contribution in [0, 0.1) is 12.3 Å². The minimum atomic E-state index is -0.892. The van der Waals surface area contributed by atoms with Gasteiger partial charge in [-0.3, -0.25) is 9.59 Å². The van der Waals surface area contributed by atoms with E-state index in [1.165, 1.54) is 11.3 Å². The number of hydrogen-bond donors (Lipinski definition) is 1. The van der Waals surface area contributed by atoms with E-state index in [2.05, 4.69) is 20.5 Å². The van der Waals surface area contributed by atoms with Crippen molar-refractivity contribution in [1.29, 1.82) is 0 Å². The fourth-order valence-corrected chi connectivity index (χ4v) is 5.74. The molecule has 10 heteroatoms. The lowest BCUT2D eigenvalue weighted by atomic mass is 9.70. The number of benzene rings is 1. The second-order valence-corrected chi connectivity index (χ2v) is 11.3. The molecule has 2 aliphatic rings. The summed E-state index contributed by atoms with van der Waals surface area (Å²) in [5.41, 5.74) is 5.37. The Morgan fingerprint density at radius 2 is 1.67 bits per heavy atom. The minimum Gasteiger partial charge on any atom is -0.420 e. The lowest BCUT2D eigenvalue weighted by Crippen LogP contribution is -2.38. The lowest BCUT2D eigenvalue weighted by molar-refractivity contribution is -0.124. The lowest BCUT2D eigenvalue weighted by Gasteiger charge is -2.37. The quantitative estimate of drug-likeness (QED) is 0.359. The second kappa shape index (κ2) is 9.85. The number of nitrogens with one attached hydrogen (secondary N) is 1. The molecule has 1 saturated heterocycles. The smallest absolute Gasteiger partial charge is 0.253 e. The topological polar surface area (TPSA) is 110 Å². The van der Waals surface area contributed by atoms with Crippen LogP contribution >= 0.6 is 11.3 Å². The van der Waals surface area contributed by atoms with Gasteiger partial charge in [0.25, 0.3) is 5.91 Å². The summed E-state index contributed by atoms with van der Waals surface area (Å²) in [7, 11) is 0. The summed E-state index contributed by atoms with van der Waals surface area (Å²) in [6.07, 6.45) is 2.12. The van der Waals surface area contributed by atoms with Gasteiger partial charge in [0.2, 0.25) is 22.8 Å². The van der Waals surface area contributed by atoms with Crippen LogP contribution in [0.5, 0.6) is 11.8 Å². The molecular formula is C29H28N6O3S. The molecule has 39 heavy (non-hydrogen) atoms. The van der Waals surface area contributed by atoms with Gasteiger partial charge in [0.1, 0.15) is 5.51 Å². The molecule has 2 aliphatic heterocycles. The fourth-order valence-electron chi connectivity index (χ4n) is 5.30. The molecule has 0 radical (unpaired) electrons. The molecule has 5 heterocycles. The number of pyridine rings is 2. The van der Waals surface area contributed by atoms with E-state index in [-0.39, 0.29) is 17.7 Å². The summed E-state index contributed by atoms with van der Waals surface area (Å²) in [5, 5.41) is 11.1. The van der Waals surface area contributed by atoms with Crippen molar-refractivity contribution >= 4 is 28.3 Å². The van der Waals surface area contributed by atoms with Crippen molar-refractivity contribution in [1.82, 2.24) is 25.1 Å². The maximum atomic E-state index is 13.5. The molecule has 0 saturated carbocycles. The number of carbonyl (C=O) groups is 2. The molecule has 0 aliphatic carbocycles. The van der Waals surface area contributed by atoms with Gasteiger partial charge in [0.05, 0.1) is 11.1 Å². The van der Waals surface area contributed by atoms with Crippen molar-refractivity contribution in [2.24, 2.45) is 5.41 Å². The van der Waals surface area contributed by atoms with Gasteiger partial charge in [-0.1, -0.05) is 49.4 Å². The minimum absolute atomic E-state index is 0.0655. The van der Waals surface area contributed by atoms with Crippen LogP contribution in [0.3, 0.4) is 0 Å². The van der Waals surface area contributed by atoms with Crippen LogP contribution in [0.15, 0.2) is 54.0 Å². The van der Waals surface area contributed by atoms with E-state index < -0.39 is 5.41 Å². The van der Waals surface area contributed by atoms with Gasteiger partial charge in [0, 0.05) is 47.0 Å². The highest BCUT2D eigenvalue weighted by molar-refractivity contribution is 7.13. The van der Waals surface area contributed by atoms with Crippen LogP contribution in [0.2, 0.25) is 0 Å². The van der Waals surface area contributed by atoms with Crippen LogP contribution in [0.25, 0.3) is 11.3 Å². The predicted octanol–water partition coefficient (Wildman–Crippen LogP) is 5.44. The molecule has 1 fully saturated rings. The number of amides is 2. The Morgan fingerprint density at radius 3 is 2.36 bits per heavy atom. The molecule has 0 spiro atoms. The number of aryl methyl sites for hydroxylation is 1. The summed E-state index contributed by atoms with van der Waals surface area (Å²) in [6.45, 7) is 7.33. The second-order valence-electron chi connectivity index (χ2n) is 10.5. The van der Waals surface area contributed by atoms with E-state index in [0.29, 0.717) is 28.1 Å². The van der Waals surface area contributed by atoms with Gasteiger partial charge in [-0.2, -0.15) is 0 Å². The van der Waals surface area contributed by atoms with Crippen molar-refractivity contribution in [3.05, 3.63) is 76.4 Å². The first kappa shape index (κ1) is 25.1. The Balaban J connectivity index is 1.35. The molecular weight excluding hydrogens is 512 g/mol. The third-order valence-corrected chi connectivity index (χ3v) is 8.05. The number of hydrogen-bond acceptors (Lipinski definition) is 8. The number of aromatic nitrogens is 4. The number of fused-ring (bicyclic) bond motifs is 2. The molecule has 1 aromatic carbocycles. The number of ether oxygens (including phenoxy) is 1. The normalized spacial score (nSPS) is 16.3. The maximum absolute atomic E-state index is 13.5. The number of carbonyl (C=O) groups excluding carboxylic acids is 2. The molecule has 1 unspecified atom stereocenters. The highest BCUT2D eigenvalue weighted by Gasteiger charge is 2.45. The van der Waals surface area contributed by atoms with Gasteiger partial charge in [-0.05, 0) is 44.0 Å². The summed E-state index contributed by atoms with van der Waals surface area (Å²) in [6, 6.07) is 15.3. The first-order valence-corrected chi connectivity index (χ1v) is 13.8. The van der Waals surface area contributed by atoms with Crippen LogP contribution in [0.1, 0.15) is 59.8 Å². The third-order valence-electron chi connectivity index (χ3n) is 7.44. The molecule has 198 valence electrons. The van der Waals surface area contributed by atoms with E-state index in [1.807, 2.05) is 74.2 Å². The zero-order valence-electron chi connectivity index (χ0n) is 22.0. The molecule has 6 rings (SSSR count). The zero-order valence-corrected chi connectivity index (χ0v) is 22.8. The fraction of sp³-hybridized carbons (Fsp3) is 0.310. The molecule has 0 bridgehead atoms. The summed E-state index contributed by atoms with van der Waals surface area (Å²) < 4.78 is 6.23. The molecule has 4 aromatic rings. The number of rotatable bonds is 5.